The summed E-state index contributed by atoms with van der Waals surface area (Å²) in [5, 5.41) is 0. The summed E-state index contributed by atoms with van der Waals surface area (Å²) in [6.07, 6.45) is 0. The molecule has 0 bridgehead atoms. The minimum Gasteiger partial charge on any atom is -0.274 e. The minimum atomic E-state index is -0.364. The molecule has 0 heterocycles. The van der Waals surface area contributed by atoms with Crippen LogP contribution in [0.25, 0.3) is 0 Å². The molecule has 4 nitrogen and oxygen atoms in total. The zero-order chi connectivity index (χ0) is 11.3. The Hall–Kier alpha value is -1.55. The summed E-state index contributed by atoms with van der Waals surface area (Å²) >= 11 is 5.63. The average molecular weight is 227 g/mol. The van der Waals surface area contributed by atoms with E-state index < -0.39 is 0 Å². The molecule has 0 radical (unpaired) electrons. The van der Waals surface area contributed by atoms with Gasteiger partial charge in [0.2, 0.25) is 5.91 Å². The quantitative estimate of drug-likeness (QED) is 0.588. The Kier molecular flexibility index (Phi) is 4.12. The van der Waals surface area contributed by atoms with Gasteiger partial charge in [-0.15, -0.1) is 11.6 Å². The lowest BCUT2D eigenvalue weighted by atomic mass is 10.1. The second-order valence-electron chi connectivity index (χ2n) is 2.97. The number of rotatable bonds is 2. The highest BCUT2D eigenvalue weighted by Gasteiger charge is 2.05. The van der Waals surface area contributed by atoms with E-state index in [1.54, 1.807) is 18.2 Å². The number of carbonyl (C=O) groups is 2. The van der Waals surface area contributed by atoms with Crippen LogP contribution < -0.4 is 10.9 Å². The topological polar surface area (TPSA) is 58.2 Å². The minimum absolute atomic E-state index is 0.322. The lowest BCUT2D eigenvalue weighted by Gasteiger charge is -2.05. The fraction of sp³-hybridized carbons (Fsp3) is 0.200. The van der Waals surface area contributed by atoms with Crippen molar-refractivity contribution in [2.24, 2.45) is 0 Å². The molecule has 0 fully saturated rings. The fourth-order valence-corrected chi connectivity index (χ4v) is 1.18. The number of hydrogen-bond acceptors (Lipinski definition) is 2. The molecule has 2 N–H and O–H groups in total. The molecule has 0 saturated heterocycles. The van der Waals surface area contributed by atoms with Crippen LogP contribution in [0.4, 0.5) is 0 Å². The maximum Gasteiger partial charge on any atom is 0.269 e. The molecule has 0 unspecified atom stereocenters. The summed E-state index contributed by atoms with van der Waals surface area (Å²) in [6, 6.07) is 6.87. The van der Waals surface area contributed by atoms with E-state index in [0.717, 1.165) is 5.56 Å². The molecular formula is C10H11ClN2O2. The first kappa shape index (κ1) is 11.5. The van der Waals surface area contributed by atoms with Crippen LogP contribution in [0.5, 0.6) is 0 Å². The number of carbonyl (C=O) groups excluding carboxylic acids is 2. The normalized spacial score (nSPS) is 9.47. The molecule has 0 atom stereocenters. The molecule has 0 aliphatic rings. The molecule has 0 aliphatic heterocycles. The van der Waals surface area contributed by atoms with Crippen molar-refractivity contribution in [1.82, 2.24) is 10.9 Å². The van der Waals surface area contributed by atoms with Crippen molar-refractivity contribution in [3.63, 3.8) is 0 Å². The summed E-state index contributed by atoms with van der Waals surface area (Å²) in [7, 11) is 0. The Morgan fingerprint density at radius 1 is 1.33 bits per heavy atom. The predicted octanol–water partition coefficient (Wildman–Crippen LogP) is 1.21. The maximum absolute atomic E-state index is 11.4. The predicted molar refractivity (Wildman–Crippen MR) is 57.3 cm³/mol. The van der Waals surface area contributed by atoms with E-state index in [2.05, 4.69) is 10.9 Å². The van der Waals surface area contributed by atoms with Gasteiger partial charge in [-0.1, -0.05) is 12.1 Å². The fourth-order valence-electron chi connectivity index (χ4n) is 1.01. The van der Waals surface area contributed by atoms with E-state index >= 15 is 0 Å². The summed E-state index contributed by atoms with van der Waals surface area (Å²) in [6.45, 7) is 1.31. The average Bonchev–Trinajstić information content (AvgIpc) is 2.26. The lowest BCUT2D eigenvalue weighted by molar-refractivity contribution is -0.119. The second kappa shape index (κ2) is 5.36. The van der Waals surface area contributed by atoms with Gasteiger partial charge < -0.3 is 0 Å². The number of benzene rings is 1. The highest BCUT2D eigenvalue weighted by atomic mass is 35.5. The number of hydrazine groups is 1. The number of hydrogen-bond donors (Lipinski definition) is 2. The van der Waals surface area contributed by atoms with E-state index in [4.69, 9.17) is 11.6 Å². The first-order valence-corrected chi connectivity index (χ1v) is 4.88. The van der Waals surface area contributed by atoms with E-state index in [-0.39, 0.29) is 11.8 Å². The van der Waals surface area contributed by atoms with E-state index in [1.807, 2.05) is 6.07 Å². The van der Waals surface area contributed by atoms with Gasteiger partial charge in [-0.25, -0.2) is 0 Å². The molecule has 15 heavy (non-hydrogen) atoms. The van der Waals surface area contributed by atoms with Crippen LogP contribution in [0.3, 0.4) is 0 Å². The van der Waals surface area contributed by atoms with Crippen molar-refractivity contribution in [3.05, 3.63) is 35.4 Å². The summed E-state index contributed by atoms with van der Waals surface area (Å²) in [5.74, 6) is -0.338. The Morgan fingerprint density at radius 3 is 2.67 bits per heavy atom. The highest BCUT2D eigenvalue weighted by Crippen LogP contribution is 2.07. The first-order chi connectivity index (χ1) is 7.13. The van der Waals surface area contributed by atoms with Gasteiger partial charge in [-0.2, -0.15) is 0 Å². The monoisotopic (exact) mass is 226 g/mol. The van der Waals surface area contributed by atoms with Gasteiger partial charge >= 0.3 is 0 Å². The largest absolute Gasteiger partial charge is 0.274 e. The second-order valence-corrected chi connectivity index (χ2v) is 3.24. The molecule has 0 saturated carbocycles. The Balaban J connectivity index is 2.69. The van der Waals surface area contributed by atoms with Crippen LogP contribution in [-0.2, 0) is 10.7 Å². The lowest BCUT2D eigenvalue weighted by Crippen LogP contribution is -2.40. The Morgan fingerprint density at radius 2 is 2.07 bits per heavy atom. The zero-order valence-electron chi connectivity index (χ0n) is 8.21. The van der Waals surface area contributed by atoms with Gasteiger partial charge in [0.05, 0.1) is 0 Å². The van der Waals surface area contributed by atoms with Crippen molar-refractivity contribution in [3.8, 4) is 0 Å². The molecule has 1 rings (SSSR count). The number of nitrogens with one attached hydrogen (secondary N) is 2. The third-order valence-electron chi connectivity index (χ3n) is 1.70. The molecule has 0 aliphatic carbocycles. The van der Waals surface area contributed by atoms with Gasteiger partial charge in [0.1, 0.15) is 0 Å². The molecule has 1 aromatic carbocycles. The Labute approximate surface area is 92.6 Å². The Bertz CT molecular complexity index is 379. The van der Waals surface area contributed by atoms with Crippen molar-refractivity contribution in [2.45, 2.75) is 12.8 Å². The number of amides is 2. The highest BCUT2D eigenvalue weighted by molar-refractivity contribution is 6.17. The van der Waals surface area contributed by atoms with Gasteiger partial charge in [0.25, 0.3) is 5.91 Å². The molecular weight excluding hydrogens is 216 g/mol. The van der Waals surface area contributed by atoms with E-state index in [1.165, 1.54) is 6.92 Å². The van der Waals surface area contributed by atoms with Crippen LogP contribution in [0, 0.1) is 0 Å². The van der Waals surface area contributed by atoms with Crippen molar-refractivity contribution < 1.29 is 9.59 Å². The van der Waals surface area contributed by atoms with Crippen molar-refractivity contribution in [2.75, 3.05) is 0 Å². The van der Waals surface area contributed by atoms with Crippen molar-refractivity contribution in [1.29, 1.82) is 0 Å². The zero-order valence-corrected chi connectivity index (χ0v) is 8.97. The van der Waals surface area contributed by atoms with Crippen LogP contribution in [-0.4, -0.2) is 11.8 Å². The van der Waals surface area contributed by atoms with Crippen molar-refractivity contribution >= 4 is 23.4 Å². The summed E-state index contributed by atoms with van der Waals surface area (Å²) < 4.78 is 0. The first-order valence-electron chi connectivity index (χ1n) is 4.35. The SMILES string of the molecule is CC(=O)NNC(=O)c1cccc(CCl)c1. The van der Waals surface area contributed by atoms with E-state index in [0.29, 0.717) is 11.4 Å². The van der Waals surface area contributed by atoms with Gasteiger partial charge in [0, 0.05) is 18.4 Å². The van der Waals surface area contributed by atoms with Crippen LogP contribution >= 0.6 is 11.6 Å². The van der Waals surface area contributed by atoms with Gasteiger partial charge in [-0.3, -0.25) is 20.4 Å². The summed E-state index contributed by atoms with van der Waals surface area (Å²) in [5.41, 5.74) is 5.79. The number of alkyl halides is 1. The number of halogens is 1. The summed E-state index contributed by atoms with van der Waals surface area (Å²) in [4.78, 5) is 22.0. The van der Waals surface area contributed by atoms with Crippen LogP contribution in [0.1, 0.15) is 22.8 Å². The maximum atomic E-state index is 11.4. The smallest absolute Gasteiger partial charge is 0.269 e. The van der Waals surface area contributed by atoms with Gasteiger partial charge in [0.15, 0.2) is 0 Å². The third-order valence-corrected chi connectivity index (χ3v) is 2.00. The van der Waals surface area contributed by atoms with Gasteiger partial charge in [-0.05, 0) is 17.7 Å². The van der Waals surface area contributed by atoms with E-state index in [9.17, 15) is 9.59 Å². The molecule has 0 aromatic heterocycles. The molecule has 5 heteroatoms. The molecule has 0 spiro atoms. The molecule has 80 valence electrons. The van der Waals surface area contributed by atoms with Crippen LogP contribution in [0.2, 0.25) is 0 Å². The molecule has 1 aromatic rings. The molecule has 2 amide bonds. The van der Waals surface area contributed by atoms with Crippen LogP contribution in [0.15, 0.2) is 24.3 Å². The standard InChI is InChI=1S/C10H11ClN2O2/c1-7(14)12-13-10(15)9-4-2-3-8(5-9)6-11/h2-5H,6H2,1H3,(H,12,14)(H,13,15). The third kappa shape index (κ3) is 3.59.